The summed E-state index contributed by atoms with van der Waals surface area (Å²) in [5.74, 6) is -0.0757. The largest absolute Gasteiger partial charge is 0.454 e. The minimum absolute atomic E-state index is 0.142. The maximum absolute atomic E-state index is 14.0. The van der Waals surface area contributed by atoms with Crippen LogP contribution in [0, 0.1) is 31.0 Å². The van der Waals surface area contributed by atoms with Gasteiger partial charge in [-0.05, 0) is 50.2 Å². The van der Waals surface area contributed by atoms with Crippen LogP contribution in [0.2, 0.25) is 0 Å². The Morgan fingerprint density at radius 2 is 2.00 bits per heavy atom. The third kappa shape index (κ3) is 3.49. The number of fused-ring (bicyclic) bond motifs is 1. The van der Waals surface area contributed by atoms with Crippen LogP contribution in [0.3, 0.4) is 0 Å². The van der Waals surface area contributed by atoms with Gasteiger partial charge in [0.1, 0.15) is 5.82 Å². The molecule has 0 saturated heterocycles. The number of halogens is 1. The molecule has 30 heavy (non-hydrogen) atoms. The van der Waals surface area contributed by atoms with E-state index in [1.807, 2.05) is 48.7 Å². The average molecular weight is 404 g/mol. The van der Waals surface area contributed by atoms with E-state index in [0.717, 1.165) is 28.7 Å². The van der Waals surface area contributed by atoms with Crippen LogP contribution in [0.5, 0.6) is 11.5 Å². The second-order valence-corrected chi connectivity index (χ2v) is 6.71. The summed E-state index contributed by atoms with van der Waals surface area (Å²) >= 11 is 0. The van der Waals surface area contributed by atoms with Crippen LogP contribution in [-0.4, -0.2) is 23.5 Å². The number of amides is 1. The summed E-state index contributed by atoms with van der Waals surface area (Å²) in [4.78, 5) is 12.2. The fraction of sp³-hybridized carbons (Fsp3) is 0.136. The predicted molar refractivity (Wildman–Crippen MR) is 108 cm³/mol. The van der Waals surface area contributed by atoms with E-state index in [1.165, 1.54) is 18.3 Å². The molecule has 0 radical (unpaired) electrons. The lowest BCUT2D eigenvalue weighted by atomic mass is 10.1. The van der Waals surface area contributed by atoms with Crippen molar-refractivity contribution in [1.29, 1.82) is 5.26 Å². The van der Waals surface area contributed by atoms with Gasteiger partial charge in [0.2, 0.25) is 6.79 Å². The molecule has 0 unspecified atom stereocenters. The van der Waals surface area contributed by atoms with Crippen molar-refractivity contribution in [1.82, 2.24) is 9.99 Å². The molecule has 7 nitrogen and oxygen atoms in total. The van der Waals surface area contributed by atoms with Crippen LogP contribution in [-0.2, 0) is 0 Å². The summed E-state index contributed by atoms with van der Waals surface area (Å²) in [5.41, 5.74) is 5.87. The summed E-state index contributed by atoms with van der Waals surface area (Å²) in [6, 6.07) is 13.1. The summed E-state index contributed by atoms with van der Waals surface area (Å²) < 4.78 is 26.8. The monoisotopic (exact) mass is 404 g/mol. The van der Waals surface area contributed by atoms with Gasteiger partial charge in [-0.1, -0.05) is 0 Å². The number of aromatic nitrogens is 1. The number of nitriles is 1. The molecule has 8 heteroatoms. The van der Waals surface area contributed by atoms with Crippen molar-refractivity contribution in [3.8, 4) is 23.3 Å². The van der Waals surface area contributed by atoms with Gasteiger partial charge in [-0.2, -0.15) is 10.4 Å². The smallest absolute Gasteiger partial charge is 0.274 e. The quantitative estimate of drug-likeness (QED) is 0.532. The molecule has 2 heterocycles. The first-order chi connectivity index (χ1) is 14.5. The van der Waals surface area contributed by atoms with Crippen molar-refractivity contribution < 1.29 is 18.7 Å². The van der Waals surface area contributed by atoms with Crippen molar-refractivity contribution in [2.24, 2.45) is 5.10 Å². The fourth-order valence-electron chi connectivity index (χ4n) is 3.33. The molecule has 0 fully saturated rings. The van der Waals surface area contributed by atoms with Crippen molar-refractivity contribution in [3.63, 3.8) is 0 Å². The molecule has 1 N–H and O–H groups in total. The zero-order valence-electron chi connectivity index (χ0n) is 16.3. The van der Waals surface area contributed by atoms with Gasteiger partial charge in [-0.3, -0.25) is 4.79 Å². The van der Waals surface area contributed by atoms with Crippen LogP contribution in [0.4, 0.5) is 4.39 Å². The summed E-state index contributed by atoms with van der Waals surface area (Å²) in [5, 5.41) is 12.7. The average Bonchev–Trinajstić information content (AvgIpc) is 3.31. The molecule has 150 valence electrons. The van der Waals surface area contributed by atoms with Crippen LogP contribution < -0.4 is 14.9 Å². The number of rotatable bonds is 4. The van der Waals surface area contributed by atoms with E-state index in [1.54, 1.807) is 0 Å². The number of nitrogens with zero attached hydrogens (tertiary/aromatic N) is 3. The molecular weight excluding hydrogens is 387 g/mol. The number of carbonyl (C=O) groups excluding carboxylic acids is 1. The first-order valence-corrected chi connectivity index (χ1v) is 9.10. The van der Waals surface area contributed by atoms with Crippen molar-refractivity contribution >= 4 is 12.1 Å². The van der Waals surface area contributed by atoms with E-state index >= 15 is 0 Å². The van der Waals surface area contributed by atoms with Crippen LogP contribution in [0.15, 0.2) is 47.6 Å². The molecule has 1 aliphatic rings. The Kier molecular flexibility index (Phi) is 4.94. The van der Waals surface area contributed by atoms with E-state index in [4.69, 9.17) is 14.7 Å². The minimum atomic E-state index is -0.775. The van der Waals surface area contributed by atoms with Gasteiger partial charge < -0.3 is 14.0 Å². The van der Waals surface area contributed by atoms with E-state index in [0.29, 0.717) is 11.5 Å². The Labute approximate surface area is 172 Å². The van der Waals surface area contributed by atoms with E-state index in [2.05, 4.69) is 10.5 Å². The molecular formula is C22H17FN4O3. The van der Waals surface area contributed by atoms with Crippen LogP contribution >= 0.6 is 0 Å². The highest BCUT2D eigenvalue weighted by Crippen LogP contribution is 2.34. The first-order valence-electron chi connectivity index (χ1n) is 9.10. The number of hydrogen-bond acceptors (Lipinski definition) is 5. The number of ether oxygens (including phenoxy) is 2. The normalized spacial score (nSPS) is 12.2. The third-order valence-electron chi connectivity index (χ3n) is 4.80. The molecule has 1 amide bonds. The minimum Gasteiger partial charge on any atom is -0.454 e. The lowest BCUT2D eigenvalue weighted by Crippen LogP contribution is -2.19. The number of hydrazone groups is 1. The van der Waals surface area contributed by atoms with E-state index in [9.17, 15) is 9.18 Å². The van der Waals surface area contributed by atoms with E-state index in [-0.39, 0.29) is 17.9 Å². The van der Waals surface area contributed by atoms with Gasteiger partial charge in [0, 0.05) is 28.7 Å². The number of hydrogen-bond donors (Lipinski definition) is 1. The molecule has 0 bridgehead atoms. The molecule has 0 atom stereocenters. The van der Waals surface area contributed by atoms with Gasteiger partial charge >= 0.3 is 0 Å². The number of carbonyl (C=O) groups is 1. The Morgan fingerprint density at radius 1 is 1.20 bits per heavy atom. The molecule has 3 aromatic rings. The molecule has 2 aromatic carbocycles. The number of benzene rings is 2. The van der Waals surface area contributed by atoms with Gasteiger partial charge in [-0.15, -0.1) is 0 Å². The number of aryl methyl sites for hydroxylation is 1. The fourth-order valence-corrected chi connectivity index (χ4v) is 3.33. The Morgan fingerprint density at radius 3 is 2.77 bits per heavy atom. The van der Waals surface area contributed by atoms with Crippen molar-refractivity contribution in [2.45, 2.75) is 13.8 Å². The molecule has 0 saturated carbocycles. The SMILES string of the molecule is Cc1cc(/C=N/NC(=O)c2ccc(C#N)cc2F)c(C)n1-c1ccc2c(c1)OCO2. The molecule has 0 aliphatic carbocycles. The zero-order chi connectivity index (χ0) is 21.3. The van der Waals surface area contributed by atoms with Crippen molar-refractivity contribution in [2.75, 3.05) is 6.79 Å². The Balaban J connectivity index is 1.53. The van der Waals surface area contributed by atoms with Gasteiger partial charge in [0.05, 0.1) is 23.4 Å². The van der Waals surface area contributed by atoms with Crippen LogP contribution in [0.1, 0.15) is 32.9 Å². The first kappa shape index (κ1) is 19.2. The highest BCUT2D eigenvalue weighted by molar-refractivity contribution is 5.95. The summed E-state index contributed by atoms with van der Waals surface area (Å²) in [6.45, 7) is 4.10. The third-order valence-corrected chi connectivity index (χ3v) is 4.80. The lowest BCUT2D eigenvalue weighted by Gasteiger charge is -2.10. The van der Waals surface area contributed by atoms with E-state index < -0.39 is 11.7 Å². The molecule has 0 spiro atoms. The standard InChI is InChI=1S/C22H17FN4O3/c1-13-7-16(11-25-26-22(28)18-5-3-15(10-24)8-19(18)23)14(2)27(13)17-4-6-20-21(9-17)30-12-29-20/h3-9,11H,12H2,1-2H3,(H,26,28)/b25-11+. The zero-order valence-corrected chi connectivity index (χ0v) is 16.3. The second kappa shape index (κ2) is 7.72. The summed E-state index contributed by atoms with van der Waals surface area (Å²) in [7, 11) is 0. The number of nitrogens with one attached hydrogen (secondary N) is 1. The Hall–Kier alpha value is -4.12. The molecule has 4 rings (SSSR count). The predicted octanol–water partition coefficient (Wildman–Crippen LogP) is 3.60. The summed E-state index contributed by atoms with van der Waals surface area (Å²) in [6.07, 6.45) is 1.51. The van der Waals surface area contributed by atoms with Gasteiger partial charge in [0.15, 0.2) is 11.5 Å². The molecule has 1 aliphatic heterocycles. The lowest BCUT2D eigenvalue weighted by molar-refractivity contribution is 0.0951. The van der Waals surface area contributed by atoms with Crippen LogP contribution in [0.25, 0.3) is 5.69 Å². The second-order valence-electron chi connectivity index (χ2n) is 6.71. The topological polar surface area (TPSA) is 88.6 Å². The maximum Gasteiger partial charge on any atom is 0.274 e. The highest BCUT2D eigenvalue weighted by atomic mass is 19.1. The van der Waals surface area contributed by atoms with Crippen molar-refractivity contribution in [3.05, 3.63) is 76.4 Å². The van der Waals surface area contributed by atoms with Gasteiger partial charge in [0.25, 0.3) is 5.91 Å². The molecule has 1 aromatic heterocycles. The Bertz CT molecular complexity index is 1220. The maximum atomic E-state index is 14.0. The van der Waals surface area contributed by atoms with Gasteiger partial charge in [-0.25, -0.2) is 9.82 Å². The highest BCUT2D eigenvalue weighted by Gasteiger charge is 2.16.